The van der Waals surface area contributed by atoms with Crippen LogP contribution in [0.15, 0.2) is 24.0 Å². The number of ether oxygens (including phenoxy) is 2. The first-order chi connectivity index (χ1) is 18.9. The Kier molecular flexibility index (Phi) is 8.88. The smallest absolute Gasteiger partial charge is 0.328 e. The molecular formula is C27H31N7O5. The molecule has 12 nitrogen and oxygen atoms in total. The molecule has 2 aliphatic heterocycles. The number of aryl methyl sites for hydroxylation is 1. The minimum Gasteiger partial charge on any atom is -0.383 e. The standard InChI is InChI=1S/C27H31N7O5/c1-17(16-38-2)30-21-10-25(29-12-20(21)11-28)32-27(37)34-7-4-5-18-9-19(22(14-35)31-26(18)34)13-33-8-6-24(39-3)23(33)15-36/h9-10,12,14,17,24H,4-8,13,16H2,1-3H3,(H2,29,30,32,37)/t17-,24-/m1/s1. The molecule has 2 atom stereocenters. The maximum atomic E-state index is 13.3. The summed E-state index contributed by atoms with van der Waals surface area (Å²) in [6.07, 6.45) is 3.80. The Labute approximate surface area is 226 Å². The highest BCUT2D eigenvalue weighted by atomic mass is 16.5. The van der Waals surface area contributed by atoms with Gasteiger partial charge in [-0.2, -0.15) is 5.26 Å². The summed E-state index contributed by atoms with van der Waals surface area (Å²) in [5, 5.41) is 15.4. The molecule has 1 fully saturated rings. The summed E-state index contributed by atoms with van der Waals surface area (Å²) in [5.74, 6) is 2.65. The van der Waals surface area contributed by atoms with E-state index >= 15 is 0 Å². The number of pyridine rings is 2. The van der Waals surface area contributed by atoms with E-state index in [1.54, 1.807) is 20.3 Å². The molecular weight excluding hydrogens is 502 g/mol. The fraction of sp³-hybridized carbons (Fsp3) is 0.444. The summed E-state index contributed by atoms with van der Waals surface area (Å²) >= 11 is 0. The van der Waals surface area contributed by atoms with Gasteiger partial charge in [0.2, 0.25) is 0 Å². The Morgan fingerprint density at radius 2 is 2.15 bits per heavy atom. The first-order valence-corrected chi connectivity index (χ1v) is 12.7. The number of nitrogens with zero attached hydrogens (tertiary/aromatic N) is 5. The zero-order chi connectivity index (χ0) is 27.9. The third-order valence-corrected chi connectivity index (χ3v) is 6.77. The highest BCUT2D eigenvalue weighted by molar-refractivity contribution is 6.01. The van der Waals surface area contributed by atoms with Gasteiger partial charge in [-0.1, -0.05) is 0 Å². The van der Waals surface area contributed by atoms with Crippen molar-refractivity contribution in [3.63, 3.8) is 0 Å². The van der Waals surface area contributed by atoms with Crippen LogP contribution in [-0.2, 0) is 27.2 Å². The van der Waals surface area contributed by atoms with Crippen molar-refractivity contribution in [3.8, 4) is 6.07 Å². The first kappa shape index (κ1) is 27.7. The number of urea groups is 1. The van der Waals surface area contributed by atoms with Crippen molar-refractivity contribution in [2.24, 2.45) is 0 Å². The molecule has 2 aromatic heterocycles. The lowest BCUT2D eigenvalue weighted by atomic mass is 10.0. The van der Waals surface area contributed by atoms with Gasteiger partial charge in [0.15, 0.2) is 6.29 Å². The van der Waals surface area contributed by atoms with Crippen molar-refractivity contribution in [3.05, 3.63) is 46.4 Å². The SMILES string of the molecule is COC[C@@H](C)Nc1cc(NC(=O)N2CCCc3cc(CN4CC[C@@H](OC)C4=C=O)c(C=O)nc32)ncc1C#N. The molecule has 1 saturated heterocycles. The predicted octanol–water partition coefficient (Wildman–Crippen LogP) is 2.53. The Hall–Kier alpha value is -4.30. The lowest BCUT2D eigenvalue weighted by molar-refractivity contribution is 0.111. The lowest BCUT2D eigenvalue weighted by Crippen LogP contribution is -2.40. The molecule has 0 unspecified atom stereocenters. The maximum absolute atomic E-state index is 13.3. The summed E-state index contributed by atoms with van der Waals surface area (Å²) in [6.45, 7) is 3.68. The number of nitrogens with one attached hydrogen (secondary N) is 2. The van der Waals surface area contributed by atoms with Crippen LogP contribution in [0, 0.1) is 11.3 Å². The van der Waals surface area contributed by atoms with Crippen LogP contribution in [0.25, 0.3) is 0 Å². The van der Waals surface area contributed by atoms with Gasteiger partial charge in [0, 0.05) is 57.7 Å². The van der Waals surface area contributed by atoms with Gasteiger partial charge in [-0.05, 0) is 37.8 Å². The quantitative estimate of drug-likeness (QED) is 0.364. The Bertz CT molecular complexity index is 1330. The van der Waals surface area contributed by atoms with Crippen molar-refractivity contribution < 1.29 is 23.9 Å². The molecule has 2 aromatic rings. The fourth-order valence-electron chi connectivity index (χ4n) is 4.91. The molecule has 4 rings (SSSR count). The Morgan fingerprint density at radius 1 is 1.33 bits per heavy atom. The zero-order valence-corrected chi connectivity index (χ0v) is 22.2. The number of nitriles is 1. The lowest BCUT2D eigenvalue weighted by Gasteiger charge is -2.29. The van der Waals surface area contributed by atoms with E-state index in [1.165, 1.54) is 11.1 Å². The normalized spacial score (nSPS) is 17.2. The summed E-state index contributed by atoms with van der Waals surface area (Å²) in [7, 11) is 3.14. The molecule has 4 heterocycles. The van der Waals surface area contributed by atoms with Crippen LogP contribution in [0.2, 0.25) is 0 Å². The summed E-state index contributed by atoms with van der Waals surface area (Å²) < 4.78 is 10.5. The van der Waals surface area contributed by atoms with Crippen LogP contribution >= 0.6 is 0 Å². The average molecular weight is 534 g/mol. The fourth-order valence-corrected chi connectivity index (χ4v) is 4.91. The van der Waals surface area contributed by atoms with Crippen LogP contribution < -0.4 is 15.5 Å². The molecule has 0 aliphatic carbocycles. The van der Waals surface area contributed by atoms with Crippen LogP contribution in [-0.4, -0.2) is 79.2 Å². The van der Waals surface area contributed by atoms with Crippen LogP contribution in [0.3, 0.4) is 0 Å². The highest BCUT2D eigenvalue weighted by Crippen LogP contribution is 2.31. The molecule has 0 saturated carbocycles. The highest BCUT2D eigenvalue weighted by Gasteiger charge is 2.31. The second kappa shape index (κ2) is 12.5. The van der Waals surface area contributed by atoms with Crippen molar-refractivity contribution >= 4 is 35.6 Å². The first-order valence-electron chi connectivity index (χ1n) is 12.7. The predicted molar refractivity (Wildman–Crippen MR) is 143 cm³/mol. The summed E-state index contributed by atoms with van der Waals surface area (Å²) in [5.41, 5.74) is 3.00. The van der Waals surface area contributed by atoms with E-state index in [9.17, 15) is 19.6 Å². The maximum Gasteiger partial charge on any atom is 0.328 e. The number of hydrogen-bond acceptors (Lipinski definition) is 10. The van der Waals surface area contributed by atoms with E-state index in [4.69, 9.17) is 9.47 Å². The number of amides is 2. The number of anilines is 3. The summed E-state index contributed by atoms with van der Waals surface area (Å²) in [6, 6.07) is 5.05. The number of hydrogen-bond donors (Lipinski definition) is 2. The molecule has 2 amide bonds. The molecule has 39 heavy (non-hydrogen) atoms. The van der Waals surface area contributed by atoms with Gasteiger partial charge in [0.05, 0.1) is 17.9 Å². The van der Waals surface area contributed by atoms with E-state index < -0.39 is 6.03 Å². The van der Waals surface area contributed by atoms with E-state index in [2.05, 4.69) is 26.7 Å². The van der Waals surface area contributed by atoms with Crippen LogP contribution in [0.5, 0.6) is 0 Å². The molecule has 0 bridgehead atoms. The molecule has 2 aliphatic rings. The molecule has 204 valence electrons. The van der Waals surface area contributed by atoms with Gasteiger partial charge >= 0.3 is 6.03 Å². The Morgan fingerprint density at radius 3 is 2.85 bits per heavy atom. The monoisotopic (exact) mass is 533 g/mol. The van der Waals surface area contributed by atoms with Gasteiger partial charge in [-0.25, -0.2) is 19.6 Å². The average Bonchev–Trinajstić information content (AvgIpc) is 3.34. The molecule has 0 aromatic carbocycles. The molecule has 0 spiro atoms. The van der Waals surface area contributed by atoms with Gasteiger partial charge in [0.1, 0.15) is 41.1 Å². The number of fused-ring (bicyclic) bond motifs is 1. The van der Waals surface area contributed by atoms with Gasteiger partial charge in [-0.3, -0.25) is 15.0 Å². The topological polar surface area (TPSA) is 150 Å². The van der Waals surface area contributed by atoms with E-state index in [-0.39, 0.29) is 23.7 Å². The minimum atomic E-state index is -0.449. The van der Waals surface area contributed by atoms with Crippen molar-refractivity contribution in [1.29, 1.82) is 5.26 Å². The van der Waals surface area contributed by atoms with E-state index in [0.717, 1.165) is 5.56 Å². The largest absolute Gasteiger partial charge is 0.383 e. The van der Waals surface area contributed by atoms with Crippen LogP contribution in [0.1, 0.15) is 46.9 Å². The Balaban J connectivity index is 1.55. The number of methoxy groups -OCH3 is 2. The molecule has 2 N–H and O–H groups in total. The van der Waals surface area contributed by atoms with Gasteiger partial charge in [-0.15, -0.1) is 0 Å². The number of carbonyl (C=O) groups is 2. The third-order valence-electron chi connectivity index (χ3n) is 6.77. The minimum absolute atomic E-state index is 0.0683. The van der Waals surface area contributed by atoms with Gasteiger partial charge < -0.3 is 19.7 Å². The number of aromatic nitrogens is 2. The third kappa shape index (κ3) is 6.07. The van der Waals surface area contributed by atoms with Crippen molar-refractivity contribution in [2.75, 3.05) is 49.4 Å². The molecule has 12 heteroatoms. The zero-order valence-electron chi connectivity index (χ0n) is 22.2. The van der Waals surface area contributed by atoms with E-state index in [0.29, 0.717) is 80.1 Å². The second-order valence-electron chi connectivity index (χ2n) is 9.47. The number of likely N-dealkylation sites (tertiary alicyclic amines) is 1. The molecule has 0 radical (unpaired) electrons. The van der Waals surface area contributed by atoms with Gasteiger partial charge in [0.25, 0.3) is 0 Å². The number of aldehydes is 1. The van der Waals surface area contributed by atoms with Crippen LogP contribution in [0.4, 0.5) is 22.1 Å². The van der Waals surface area contributed by atoms with Crippen molar-refractivity contribution in [1.82, 2.24) is 14.9 Å². The summed E-state index contributed by atoms with van der Waals surface area (Å²) in [4.78, 5) is 48.9. The second-order valence-corrected chi connectivity index (χ2v) is 9.47. The van der Waals surface area contributed by atoms with Crippen molar-refractivity contribution in [2.45, 2.75) is 44.9 Å². The number of rotatable bonds is 9. The van der Waals surface area contributed by atoms with E-state index in [1.807, 2.05) is 23.8 Å². The number of carbonyl (C=O) groups excluding carboxylic acids is 3.